The topological polar surface area (TPSA) is 87.7 Å². The molecule has 6 rings (SSSR count). The van der Waals surface area contributed by atoms with Crippen molar-refractivity contribution in [2.45, 2.75) is 13.0 Å². The Bertz CT molecular complexity index is 1920. The van der Waals surface area contributed by atoms with E-state index in [0.29, 0.717) is 26.4 Å². The minimum absolute atomic E-state index is 0.247. The second kappa shape index (κ2) is 10.6. The van der Waals surface area contributed by atoms with Crippen LogP contribution in [-0.2, 0) is 9.53 Å². The first-order chi connectivity index (χ1) is 19.5. The van der Waals surface area contributed by atoms with Crippen LogP contribution in [0.15, 0.2) is 99.4 Å². The number of hydrogen-bond donors (Lipinski definition) is 0. The van der Waals surface area contributed by atoms with Crippen LogP contribution < -0.4 is 19.6 Å². The summed E-state index contributed by atoms with van der Waals surface area (Å²) in [5, 5.41) is 6.86. The average Bonchev–Trinajstić information content (AvgIpc) is 3.73. The Morgan fingerprint density at radius 3 is 2.48 bits per heavy atom. The third kappa shape index (κ3) is 4.51. The number of hydrogen-bond acceptors (Lipinski definition) is 8. The first-order valence-corrected chi connectivity index (χ1v) is 14.1. The Labute approximate surface area is 237 Å². The molecule has 1 aliphatic rings. The van der Waals surface area contributed by atoms with Crippen molar-refractivity contribution < 1.29 is 14.3 Å². The number of carbonyl (C=O) groups excluding carboxylic acids is 1. The highest BCUT2D eigenvalue weighted by atomic mass is 32.1. The number of fused-ring (bicyclic) bond motifs is 1. The van der Waals surface area contributed by atoms with Gasteiger partial charge in [-0.2, -0.15) is 5.10 Å². The van der Waals surface area contributed by atoms with E-state index in [-0.39, 0.29) is 5.56 Å². The maximum Gasteiger partial charge on any atom is 0.338 e. The molecule has 0 spiro atoms. The fourth-order valence-electron chi connectivity index (χ4n) is 4.75. The van der Waals surface area contributed by atoms with Crippen LogP contribution in [-0.4, -0.2) is 34.5 Å². The number of thiophene rings is 1. The summed E-state index contributed by atoms with van der Waals surface area (Å²) >= 11 is 2.87. The van der Waals surface area contributed by atoms with Gasteiger partial charge in [-0.3, -0.25) is 9.36 Å². The number of esters is 1. The van der Waals surface area contributed by atoms with Crippen LogP contribution in [0, 0.1) is 0 Å². The van der Waals surface area contributed by atoms with Gasteiger partial charge in [0.05, 0.1) is 46.6 Å². The number of ether oxygens (including phenoxy) is 2. The Hall–Kier alpha value is -4.54. The molecule has 10 heteroatoms. The molecule has 0 aliphatic carbocycles. The van der Waals surface area contributed by atoms with Gasteiger partial charge in [0, 0.05) is 11.8 Å². The van der Waals surface area contributed by atoms with Crippen molar-refractivity contribution in [2.24, 2.45) is 4.99 Å². The summed E-state index contributed by atoms with van der Waals surface area (Å²) in [5.74, 6) is 0.147. The van der Waals surface area contributed by atoms with E-state index in [2.05, 4.69) is 4.99 Å². The number of rotatable bonds is 6. The summed E-state index contributed by atoms with van der Waals surface area (Å²) in [7, 11) is 2.92. The van der Waals surface area contributed by atoms with Gasteiger partial charge >= 0.3 is 5.97 Å². The number of carbonyl (C=O) groups is 1. The third-order valence-corrected chi connectivity index (χ3v) is 8.52. The van der Waals surface area contributed by atoms with Gasteiger partial charge in [-0.1, -0.05) is 47.7 Å². The highest BCUT2D eigenvalue weighted by Gasteiger charge is 2.33. The molecule has 0 N–H and O–H groups in total. The summed E-state index contributed by atoms with van der Waals surface area (Å²) in [6.07, 6.45) is 3.78. The predicted octanol–water partition coefficient (Wildman–Crippen LogP) is 4.33. The lowest BCUT2D eigenvalue weighted by molar-refractivity contribution is -0.136. The van der Waals surface area contributed by atoms with Crippen molar-refractivity contribution in [2.75, 3.05) is 14.2 Å². The zero-order chi connectivity index (χ0) is 27.8. The molecule has 3 aromatic heterocycles. The summed E-state index contributed by atoms with van der Waals surface area (Å²) in [6.45, 7) is 1.76. The van der Waals surface area contributed by atoms with E-state index in [9.17, 15) is 9.59 Å². The van der Waals surface area contributed by atoms with E-state index < -0.39 is 12.0 Å². The molecule has 0 amide bonds. The molecule has 8 nitrogen and oxygen atoms in total. The van der Waals surface area contributed by atoms with Crippen molar-refractivity contribution in [1.82, 2.24) is 14.3 Å². The van der Waals surface area contributed by atoms with Crippen LogP contribution in [0.1, 0.15) is 24.1 Å². The van der Waals surface area contributed by atoms with Gasteiger partial charge in [0.25, 0.3) is 5.56 Å². The first kappa shape index (κ1) is 25.7. The van der Waals surface area contributed by atoms with E-state index in [4.69, 9.17) is 14.6 Å². The Balaban J connectivity index is 1.55. The van der Waals surface area contributed by atoms with Gasteiger partial charge in [-0.05, 0) is 54.3 Å². The van der Waals surface area contributed by atoms with Crippen LogP contribution in [0.25, 0.3) is 22.3 Å². The van der Waals surface area contributed by atoms with Crippen molar-refractivity contribution in [3.8, 4) is 22.0 Å². The zero-order valence-electron chi connectivity index (χ0n) is 21.9. The molecule has 0 saturated heterocycles. The lowest BCUT2D eigenvalue weighted by Gasteiger charge is -2.24. The van der Waals surface area contributed by atoms with E-state index >= 15 is 0 Å². The van der Waals surface area contributed by atoms with E-state index in [1.165, 1.54) is 18.4 Å². The van der Waals surface area contributed by atoms with Gasteiger partial charge in [0.2, 0.25) is 0 Å². The second-order valence-electron chi connectivity index (χ2n) is 9.04. The Kier molecular flexibility index (Phi) is 6.79. The standard InChI is InChI=1S/C30H24N4O4S2/c1-18-25(29(36)38-3)27(19-11-13-22(37-2)14-12-19)34-28(35)24(40-30(34)31-18)16-20-17-33(21-8-5-4-6-9-21)32-26(20)23-10-7-15-39-23/h4-17,27H,1-3H3/b24-16-. The highest BCUT2D eigenvalue weighted by Crippen LogP contribution is 2.32. The van der Waals surface area contributed by atoms with Gasteiger partial charge in [-0.15, -0.1) is 11.3 Å². The highest BCUT2D eigenvalue weighted by molar-refractivity contribution is 7.13. The molecule has 0 bridgehead atoms. The lowest BCUT2D eigenvalue weighted by atomic mass is 9.96. The molecule has 1 atom stereocenters. The van der Waals surface area contributed by atoms with E-state index in [1.54, 1.807) is 42.1 Å². The number of methoxy groups -OCH3 is 2. The van der Waals surface area contributed by atoms with Crippen molar-refractivity contribution in [3.63, 3.8) is 0 Å². The van der Waals surface area contributed by atoms with Crippen molar-refractivity contribution in [1.29, 1.82) is 0 Å². The molecule has 5 aromatic rings. The predicted molar refractivity (Wildman–Crippen MR) is 156 cm³/mol. The summed E-state index contributed by atoms with van der Waals surface area (Å²) in [6, 6.07) is 20.4. The van der Waals surface area contributed by atoms with Crippen LogP contribution in [0.4, 0.5) is 0 Å². The molecule has 40 heavy (non-hydrogen) atoms. The molecule has 200 valence electrons. The van der Waals surface area contributed by atoms with E-state index in [1.807, 2.05) is 76.9 Å². The Morgan fingerprint density at radius 1 is 1.02 bits per heavy atom. The van der Waals surface area contributed by atoms with Gasteiger partial charge in [-0.25, -0.2) is 14.5 Å². The van der Waals surface area contributed by atoms with Crippen molar-refractivity contribution in [3.05, 3.63) is 120 Å². The zero-order valence-corrected chi connectivity index (χ0v) is 23.5. The molecular weight excluding hydrogens is 544 g/mol. The second-order valence-corrected chi connectivity index (χ2v) is 11.0. The fraction of sp³-hybridized carbons (Fsp3) is 0.133. The van der Waals surface area contributed by atoms with E-state index in [0.717, 1.165) is 27.4 Å². The largest absolute Gasteiger partial charge is 0.497 e. The SMILES string of the molecule is COC(=O)C1=C(C)N=c2s/c(=C\c3cn(-c4ccccc4)nc3-c3cccs3)c(=O)n2C1c1ccc(OC)cc1. The minimum Gasteiger partial charge on any atom is -0.497 e. The maximum atomic E-state index is 14.0. The smallest absolute Gasteiger partial charge is 0.338 e. The minimum atomic E-state index is -0.694. The number of aromatic nitrogens is 3. The van der Waals surface area contributed by atoms with Crippen LogP contribution >= 0.6 is 22.7 Å². The van der Waals surface area contributed by atoms with Crippen LogP contribution in [0.3, 0.4) is 0 Å². The summed E-state index contributed by atoms with van der Waals surface area (Å²) in [5.41, 5.74) is 3.84. The van der Waals surface area contributed by atoms with Crippen LogP contribution in [0.5, 0.6) is 5.75 Å². The molecule has 0 fully saturated rings. The normalized spacial score (nSPS) is 15.1. The van der Waals surface area contributed by atoms with Crippen molar-refractivity contribution >= 4 is 34.7 Å². The fourth-order valence-corrected chi connectivity index (χ4v) is 6.51. The quantitative estimate of drug-likeness (QED) is 0.285. The number of thiazole rings is 1. The molecule has 1 unspecified atom stereocenters. The average molecular weight is 569 g/mol. The monoisotopic (exact) mass is 568 g/mol. The third-order valence-electron chi connectivity index (χ3n) is 6.66. The molecule has 1 aliphatic heterocycles. The first-order valence-electron chi connectivity index (χ1n) is 12.4. The van der Waals surface area contributed by atoms with Gasteiger partial charge < -0.3 is 9.47 Å². The number of nitrogens with zero attached hydrogens (tertiary/aromatic N) is 4. The lowest BCUT2D eigenvalue weighted by Crippen LogP contribution is -2.39. The number of para-hydroxylation sites is 1. The van der Waals surface area contributed by atoms with Gasteiger partial charge in [0.1, 0.15) is 11.4 Å². The molecule has 2 aromatic carbocycles. The number of allylic oxidation sites excluding steroid dienone is 1. The number of benzene rings is 2. The van der Waals surface area contributed by atoms with Gasteiger partial charge in [0.15, 0.2) is 4.80 Å². The molecule has 0 saturated carbocycles. The van der Waals surface area contributed by atoms with Crippen LogP contribution in [0.2, 0.25) is 0 Å². The molecular formula is C30H24N4O4S2. The summed E-state index contributed by atoms with van der Waals surface area (Å²) in [4.78, 5) is 33.1. The molecule has 4 heterocycles. The molecule has 0 radical (unpaired) electrons. The summed E-state index contributed by atoms with van der Waals surface area (Å²) < 4.78 is 14.3. The maximum absolute atomic E-state index is 14.0. The Morgan fingerprint density at radius 2 is 1.80 bits per heavy atom.